The molecule has 9 heteroatoms. The normalized spacial score (nSPS) is 22.1. The summed E-state index contributed by atoms with van der Waals surface area (Å²) in [5.41, 5.74) is 0.727. The van der Waals surface area contributed by atoms with Crippen molar-refractivity contribution in [2.45, 2.75) is 50.3 Å². The lowest BCUT2D eigenvalue weighted by Crippen LogP contribution is -2.56. The molecule has 0 spiro atoms. The van der Waals surface area contributed by atoms with Crippen molar-refractivity contribution in [2.75, 3.05) is 20.2 Å². The summed E-state index contributed by atoms with van der Waals surface area (Å²) in [4.78, 5) is 28.4. The van der Waals surface area contributed by atoms with Gasteiger partial charge in [0, 0.05) is 43.7 Å². The molecule has 1 aromatic carbocycles. The van der Waals surface area contributed by atoms with Crippen LogP contribution in [0.25, 0.3) is 0 Å². The Morgan fingerprint density at radius 3 is 2.72 bits per heavy atom. The average Bonchev–Trinajstić information content (AvgIpc) is 3.06. The topological polar surface area (TPSA) is 64.4 Å². The molecule has 2 heterocycles. The molecule has 1 saturated heterocycles. The van der Waals surface area contributed by atoms with Crippen LogP contribution in [-0.4, -0.2) is 52.8 Å². The van der Waals surface area contributed by atoms with Crippen molar-refractivity contribution < 1.29 is 18.7 Å². The van der Waals surface area contributed by atoms with Crippen LogP contribution < -0.4 is 0 Å². The fraction of sp³-hybridized carbons (Fsp3) is 0.522. The van der Waals surface area contributed by atoms with E-state index < -0.39 is 11.6 Å². The van der Waals surface area contributed by atoms with Gasteiger partial charge in [0.1, 0.15) is 9.37 Å². The van der Waals surface area contributed by atoms with E-state index in [1.807, 2.05) is 4.90 Å². The zero-order valence-corrected chi connectivity index (χ0v) is 20.7. The number of aromatic nitrogens is 2. The number of likely N-dealkylation sites (tertiary alicyclic amines) is 1. The molecular formula is C23H24ClFIN3O3. The zero-order chi connectivity index (χ0) is 22.6. The van der Waals surface area contributed by atoms with Crippen LogP contribution in [0.3, 0.4) is 0 Å². The molecular weight excluding hydrogens is 548 g/mol. The summed E-state index contributed by atoms with van der Waals surface area (Å²) in [6.07, 6.45) is 3.50. The van der Waals surface area contributed by atoms with E-state index in [2.05, 4.69) is 27.7 Å². The number of benzene rings is 1. The minimum Gasteiger partial charge on any atom is -0.378 e. The van der Waals surface area contributed by atoms with Gasteiger partial charge in [0.2, 0.25) is 5.91 Å². The van der Waals surface area contributed by atoms with Crippen molar-refractivity contribution in [2.24, 2.45) is 5.92 Å². The van der Waals surface area contributed by atoms with Crippen LogP contribution in [0.1, 0.15) is 52.9 Å². The summed E-state index contributed by atoms with van der Waals surface area (Å²) in [5, 5.41) is 4.73. The number of hydrogen-bond acceptors (Lipinski definition) is 4. The smallest absolute Gasteiger partial charge is 0.280 e. The molecule has 0 N–H and O–H groups in total. The Morgan fingerprint density at radius 1 is 1.31 bits per heavy atom. The maximum Gasteiger partial charge on any atom is 0.280 e. The molecule has 2 aliphatic carbocycles. The second kappa shape index (κ2) is 8.36. The van der Waals surface area contributed by atoms with Crippen LogP contribution in [0.2, 0.25) is 5.02 Å². The highest BCUT2D eigenvalue weighted by atomic mass is 127. The van der Waals surface area contributed by atoms with Crippen molar-refractivity contribution in [1.82, 2.24) is 14.7 Å². The SMILES string of the molecule is COC1CN(C(=O)C2CCc3c(I)nn(C(=O)c4c(Cl)cccc4C4(F)CCC4)c3C2)C1. The van der Waals surface area contributed by atoms with Crippen molar-refractivity contribution in [3.05, 3.63) is 49.3 Å². The number of ether oxygens (including phenoxy) is 1. The van der Waals surface area contributed by atoms with Crippen molar-refractivity contribution >= 4 is 46.0 Å². The molecule has 1 aliphatic heterocycles. The third-order valence-electron chi connectivity index (χ3n) is 7.11. The number of carbonyl (C=O) groups excluding carboxylic acids is 2. The van der Waals surface area contributed by atoms with Crippen molar-refractivity contribution in [1.29, 1.82) is 0 Å². The van der Waals surface area contributed by atoms with Gasteiger partial charge in [-0.2, -0.15) is 9.78 Å². The van der Waals surface area contributed by atoms with Crippen LogP contribution in [0, 0.1) is 9.62 Å². The quantitative estimate of drug-likeness (QED) is 0.518. The Morgan fingerprint density at radius 2 is 2.06 bits per heavy atom. The van der Waals surface area contributed by atoms with Gasteiger partial charge in [-0.3, -0.25) is 9.59 Å². The second-order valence-corrected chi connectivity index (χ2v) is 10.4. The van der Waals surface area contributed by atoms with Gasteiger partial charge < -0.3 is 9.64 Å². The van der Waals surface area contributed by atoms with Crippen LogP contribution in [0.5, 0.6) is 0 Å². The summed E-state index contributed by atoms with van der Waals surface area (Å²) in [7, 11) is 1.65. The van der Waals surface area contributed by atoms with Crippen molar-refractivity contribution in [3.8, 4) is 0 Å². The van der Waals surface area contributed by atoms with Gasteiger partial charge in [0.25, 0.3) is 5.91 Å². The van der Waals surface area contributed by atoms with E-state index >= 15 is 4.39 Å². The molecule has 1 saturated carbocycles. The fourth-order valence-corrected chi connectivity index (χ4v) is 6.00. The van der Waals surface area contributed by atoms with Crippen LogP contribution in [-0.2, 0) is 28.0 Å². The molecule has 3 aliphatic rings. The summed E-state index contributed by atoms with van der Waals surface area (Å²) in [5.74, 6) is -0.538. The van der Waals surface area contributed by atoms with Gasteiger partial charge in [0.15, 0.2) is 0 Å². The van der Waals surface area contributed by atoms with Gasteiger partial charge in [-0.25, -0.2) is 4.39 Å². The first-order valence-electron chi connectivity index (χ1n) is 10.9. The highest BCUT2D eigenvalue weighted by Gasteiger charge is 2.43. The van der Waals surface area contributed by atoms with Crippen LogP contribution in [0.15, 0.2) is 18.2 Å². The maximum atomic E-state index is 15.4. The zero-order valence-electron chi connectivity index (χ0n) is 17.7. The molecule has 0 radical (unpaired) electrons. The van der Waals surface area contributed by atoms with E-state index in [1.165, 1.54) is 4.68 Å². The predicted octanol–water partition coefficient (Wildman–Crippen LogP) is 4.14. The van der Waals surface area contributed by atoms with Gasteiger partial charge in [0.05, 0.1) is 22.4 Å². The standard InChI is InChI=1S/C23H24ClFIN3O3/c1-32-14-11-28(12-14)21(30)13-6-7-15-18(10-13)29(27-20(15)26)22(31)19-16(4-2-5-17(19)24)23(25)8-3-9-23/h2,4-5,13-14H,3,6-12H2,1H3. The van der Waals surface area contributed by atoms with E-state index in [1.54, 1.807) is 25.3 Å². The number of hydrogen-bond donors (Lipinski definition) is 0. The summed E-state index contributed by atoms with van der Waals surface area (Å²) < 4.78 is 22.7. The van der Waals surface area contributed by atoms with E-state index in [4.69, 9.17) is 16.3 Å². The molecule has 1 aromatic heterocycles. The lowest BCUT2D eigenvalue weighted by atomic mass is 9.75. The maximum absolute atomic E-state index is 15.4. The molecule has 1 unspecified atom stereocenters. The lowest BCUT2D eigenvalue weighted by molar-refractivity contribution is -0.147. The number of carbonyl (C=O) groups is 2. The number of methoxy groups -OCH3 is 1. The monoisotopic (exact) mass is 571 g/mol. The van der Waals surface area contributed by atoms with E-state index in [0.29, 0.717) is 44.3 Å². The minimum absolute atomic E-state index is 0.0924. The Bertz CT molecular complexity index is 1090. The highest BCUT2D eigenvalue weighted by Crippen LogP contribution is 2.47. The first-order valence-corrected chi connectivity index (χ1v) is 12.4. The van der Waals surface area contributed by atoms with E-state index in [0.717, 1.165) is 27.8 Å². The first-order chi connectivity index (χ1) is 15.3. The lowest BCUT2D eigenvalue weighted by Gasteiger charge is -2.40. The van der Waals surface area contributed by atoms with Crippen LogP contribution >= 0.6 is 34.2 Å². The predicted molar refractivity (Wildman–Crippen MR) is 126 cm³/mol. The van der Waals surface area contributed by atoms with Crippen molar-refractivity contribution in [3.63, 3.8) is 0 Å². The Kier molecular flexibility index (Phi) is 5.82. The van der Waals surface area contributed by atoms with Gasteiger partial charge in [-0.15, -0.1) is 0 Å². The molecule has 2 fully saturated rings. The molecule has 5 rings (SSSR count). The number of fused-ring (bicyclic) bond motifs is 1. The number of amides is 1. The Balaban J connectivity index is 1.46. The Hall–Kier alpha value is -1.52. The van der Waals surface area contributed by atoms with E-state index in [-0.39, 0.29) is 28.5 Å². The molecule has 2 aromatic rings. The summed E-state index contributed by atoms with van der Waals surface area (Å²) >= 11 is 8.55. The molecule has 1 amide bonds. The number of rotatable bonds is 4. The minimum atomic E-state index is -1.52. The largest absolute Gasteiger partial charge is 0.378 e. The van der Waals surface area contributed by atoms with E-state index in [9.17, 15) is 9.59 Å². The fourth-order valence-electron chi connectivity index (χ4n) is 4.95. The summed E-state index contributed by atoms with van der Waals surface area (Å²) in [6, 6.07) is 4.96. The highest BCUT2D eigenvalue weighted by molar-refractivity contribution is 14.1. The molecule has 32 heavy (non-hydrogen) atoms. The number of alkyl halides is 1. The van der Waals surface area contributed by atoms with Gasteiger partial charge in [-0.1, -0.05) is 23.7 Å². The average molecular weight is 572 g/mol. The summed E-state index contributed by atoms with van der Waals surface area (Å²) in [6.45, 7) is 1.21. The third kappa shape index (κ3) is 3.58. The third-order valence-corrected chi connectivity index (χ3v) is 8.30. The van der Waals surface area contributed by atoms with Gasteiger partial charge in [-0.05, 0) is 60.8 Å². The Labute approximate surface area is 204 Å². The van der Waals surface area contributed by atoms with Gasteiger partial charge >= 0.3 is 0 Å². The molecule has 170 valence electrons. The molecule has 1 atom stereocenters. The first kappa shape index (κ1) is 22.3. The number of nitrogens with zero attached hydrogens (tertiary/aromatic N) is 3. The van der Waals surface area contributed by atoms with Crippen LogP contribution in [0.4, 0.5) is 4.39 Å². The second-order valence-electron chi connectivity index (χ2n) is 8.95. The number of halogens is 3. The molecule has 0 bridgehead atoms. The molecule has 6 nitrogen and oxygen atoms in total.